The summed E-state index contributed by atoms with van der Waals surface area (Å²) in [6, 6.07) is 6.28. The highest BCUT2D eigenvalue weighted by molar-refractivity contribution is 5.76. The number of nitrogens with zero attached hydrogens (tertiary/aromatic N) is 1. The van der Waals surface area contributed by atoms with E-state index in [4.69, 9.17) is 4.74 Å². The highest BCUT2D eigenvalue weighted by Crippen LogP contribution is 2.49. The monoisotopic (exact) mass is 202 g/mol. The van der Waals surface area contributed by atoms with E-state index in [0.717, 1.165) is 16.9 Å². The van der Waals surface area contributed by atoms with Crippen LogP contribution in [-0.2, 0) is 4.74 Å². The molecule has 3 heteroatoms. The molecular weight excluding hydrogens is 188 g/mol. The van der Waals surface area contributed by atoms with Gasteiger partial charge in [-0.1, -0.05) is 6.07 Å². The lowest BCUT2D eigenvalue weighted by molar-refractivity contribution is 0.325. The van der Waals surface area contributed by atoms with Gasteiger partial charge in [-0.2, -0.15) is 0 Å². The third-order valence-corrected chi connectivity index (χ3v) is 2.92. The standard InChI is InChI=1S/C12H14N2O/c1-7-13-9-5-4-8(6-10(9)14-7)11-12(2,3)15-11/h4-6,11H,1-3H3,(H,13,14). The molecule has 0 saturated carbocycles. The molecule has 1 atom stereocenters. The Hall–Kier alpha value is -1.35. The predicted molar refractivity (Wildman–Crippen MR) is 58.7 cm³/mol. The van der Waals surface area contributed by atoms with E-state index in [1.165, 1.54) is 5.56 Å². The molecule has 0 aliphatic carbocycles. The second kappa shape index (κ2) is 2.61. The summed E-state index contributed by atoms with van der Waals surface area (Å²) in [6.45, 7) is 6.19. The molecule has 1 aromatic carbocycles. The molecule has 1 aromatic heterocycles. The molecule has 1 N–H and O–H groups in total. The molecule has 0 amide bonds. The summed E-state index contributed by atoms with van der Waals surface area (Å²) in [7, 11) is 0. The van der Waals surface area contributed by atoms with Gasteiger partial charge in [0.2, 0.25) is 0 Å². The van der Waals surface area contributed by atoms with Crippen molar-refractivity contribution in [3.8, 4) is 0 Å². The van der Waals surface area contributed by atoms with Gasteiger partial charge in [0.05, 0.1) is 16.6 Å². The summed E-state index contributed by atoms with van der Waals surface area (Å²) in [4.78, 5) is 7.62. The lowest BCUT2D eigenvalue weighted by Crippen LogP contribution is -1.97. The number of epoxide rings is 1. The zero-order chi connectivity index (χ0) is 10.6. The van der Waals surface area contributed by atoms with Crippen molar-refractivity contribution in [3.05, 3.63) is 29.6 Å². The summed E-state index contributed by atoms with van der Waals surface area (Å²) >= 11 is 0. The van der Waals surface area contributed by atoms with Crippen molar-refractivity contribution < 1.29 is 4.74 Å². The van der Waals surface area contributed by atoms with E-state index >= 15 is 0 Å². The third kappa shape index (κ3) is 1.35. The fourth-order valence-electron chi connectivity index (χ4n) is 2.06. The number of aromatic nitrogens is 2. The van der Waals surface area contributed by atoms with Gasteiger partial charge in [0.15, 0.2) is 0 Å². The Bertz CT molecular complexity index is 527. The molecule has 1 aliphatic heterocycles. The molecule has 0 bridgehead atoms. The van der Waals surface area contributed by atoms with Crippen LogP contribution < -0.4 is 0 Å². The second-order valence-corrected chi connectivity index (χ2v) is 4.70. The summed E-state index contributed by atoms with van der Waals surface area (Å²) in [5.74, 6) is 0.957. The number of nitrogens with one attached hydrogen (secondary N) is 1. The number of benzene rings is 1. The molecule has 0 radical (unpaired) electrons. The fourth-order valence-corrected chi connectivity index (χ4v) is 2.06. The number of ether oxygens (including phenoxy) is 1. The van der Waals surface area contributed by atoms with Gasteiger partial charge in [0, 0.05) is 0 Å². The Kier molecular flexibility index (Phi) is 1.55. The molecule has 2 aromatic rings. The average molecular weight is 202 g/mol. The van der Waals surface area contributed by atoms with Crippen molar-refractivity contribution in [2.75, 3.05) is 0 Å². The summed E-state index contributed by atoms with van der Waals surface area (Å²) in [5, 5.41) is 0. The van der Waals surface area contributed by atoms with E-state index in [-0.39, 0.29) is 11.7 Å². The maximum Gasteiger partial charge on any atom is 0.112 e. The Morgan fingerprint density at radius 1 is 1.40 bits per heavy atom. The van der Waals surface area contributed by atoms with E-state index in [2.05, 4.69) is 35.9 Å². The Morgan fingerprint density at radius 2 is 2.13 bits per heavy atom. The molecule has 3 nitrogen and oxygen atoms in total. The number of aromatic amines is 1. The smallest absolute Gasteiger partial charge is 0.112 e. The number of hydrogen-bond acceptors (Lipinski definition) is 2. The van der Waals surface area contributed by atoms with Crippen LogP contribution in [0.1, 0.15) is 31.3 Å². The summed E-state index contributed by atoms with van der Waals surface area (Å²) < 4.78 is 5.61. The largest absolute Gasteiger partial charge is 0.362 e. The van der Waals surface area contributed by atoms with Crippen molar-refractivity contribution in [1.82, 2.24) is 9.97 Å². The Labute approximate surface area is 88.5 Å². The van der Waals surface area contributed by atoms with Crippen LogP contribution in [0.2, 0.25) is 0 Å². The molecule has 1 unspecified atom stereocenters. The van der Waals surface area contributed by atoms with Crippen LogP contribution in [0.3, 0.4) is 0 Å². The highest BCUT2D eigenvalue weighted by Gasteiger charge is 2.48. The minimum absolute atomic E-state index is 0.00272. The second-order valence-electron chi connectivity index (χ2n) is 4.70. The fraction of sp³-hybridized carbons (Fsp3) is 0.417. The van der Waals surface area contributed by atoms with Crippen LogP contribution in [-0.4, -0.2) is 15.6 Å². The number of H-pyrrole nitrogens is 1. The molecule has 15 heavy (non-hydrogen) atoms. The third-order valence-electron chi connectivity index (χ3n) is 2.92. The lowest BCUT2D eigenvalue weighted by atomic mass is 10.0. The number of aryl methyl sites for hydroxylation is 1. The number of fused-ring (bicyclic) bond motifs is 1. The van der Waals surface area contributed by atoms with Gasteiger partial charge in [-0.3, -0.25) is 0 Å². The van der Waals surface area contributed by atoms with Gasteiger partial charge < -0.3 is 9.72 Å². The number of rotatable bonds is 1. The van der Waals surface area contributed by atoms with Crippen molar-refractivity contribution in [3.63, 3.8) is 0 Å². The van der Waals surface area contributed by atoms with Crippen molar-refractivity contribution >= 4 is 11.0 Å². The molecule has 3 rings (SSSR count). The van der Waals surface area contributed by atoms with Crippen LogP contribution in [0, 0.1) is 6.92 Å². The molecule has 78 valence electrons. The van der Waals surface area contributed by atoms with E-state index in [1.54, 1.807) is 0 Å². The first kappa shape index (κ1) is 8.92. The first-order chi connectivity index (χ1) is 7.06. The normalized spacial score (nSPS) is 23.3. The van der Waals surface area contributed by atoms with Crippen LogP contribution >= 0.6 is 0 Å². The van der Waals surface area contributed by atoms with Gasteiger partial charge in [-0.25, -0.2) is 4.98 Å². The zero-order valence-corrected chi connectivity index (χ0v) is 9.16. The van der Waals surface area contributed by atoms with Gasteiger partial charge in [0.1, 0.15) is 11.9 Å². The molecule has 1 aliphatic rings. The summed E-state index contributed by atoms with van der Waals surface area (Å²) in [5.41, 5.74) is 3.35. The van der Waals surface area contributed by atoms with Crippen LogP contribution in [0.5, 0.6) is 0 Å². The quantitative estimate of drug-likeness (QED) is 0.722. The van der Waals surface area contributed by atoms with Gasteiger partial charge in [-0.15, -0.1) is 0 Å². The highest BCUT2D eigenvalue weighted by atomic mass is 16.6. The molecule has 1 saturated heterocycles. The number of imidazole rings is 1. The van der Waals surface area contributed by atoms with Gasteiger partial charge in [-0.05, 0) is 38.5 Å². The Morgan fingerprint density at radius 3 is 2.80 bits per heavy atom. The summed E-state index contributed by atoms with van der Waals surface area (Å²) in [6.07, 6.45) is 0.241. The minimum atomic E-state index is 0.00272. The van der Waals surface area contributed by atoms with E-state index in [9.17, 15) is 0 Å². The van der Waals surface area contributed by atoms with Crippen LogP contribution in [0.4, 0.5) is 0 Å². The molecule has 2 heterocycles. The maximum absolute atomic E-state index is 5.61. The maximum atomic E-state index is 5.61. The SMILES string of the molecule is Cc1nc2ccc(C3OC3(C)C)cc2[nH]1. The molecular formula is C12H14N2O. The van der Waals surface area contributed by atoms with Crippen molar-refractivity contribution in [2.24, 2.45) is 0 Å². The first-order valence-corrected chi connectivity index (χ1v) is 5.20. The van der Waals surface area contributed by atoms with E-state index < -0.39 is 0 Å². The average Bonchev–Trinajstić information content (AvgIpc) is 2.65. The minimum Gasteiger partial charge on any atom is -0.362 e. The van der Waals surface area contributed by atoms with E-state index in [1.807, 2.05) is 13.0 Å². The zero-order valence-electron chi connectivity index (χ0n) is 9.16. The topological polar surface area (TPSA) is 41.2 Å². The van der Waals surface area contributed by atoms with Crippen LogP contribution in [0.25, 0.3) is 11.0 Å². The molecule has 0 spiro atoms. The van der Waals surface area contributed by atoms with Gasteiger partial charge in [0.25, 0.3) is 0 Å². The van der Waals surface area contributed by atoms with E-state index in [0.29, 0.717) is 0 Å². The van der Waals surface area contributed by atoms with Crippen molar-refractivity contribution in [2.45, 2.75) is 32.5 Å². The first-order valence-electron chi connectivity index (χ1n) is 5.20. The Balaban J connectivity index is 2.07. The molecule has 1 fully saturated rings. The number of hydrogen-bond donors (Lipinski definition) is 1. The predicted octanol–water partition coefficient (Wildman–Crippen LogP) is 2.72. The van der Waals surface area contributed by atoms with Crippen molar-refractivity contribution in [1.29, 1.82) is 0 Å². The van der Waals surface area contributed by atoms with Crippen LogP contribution in [0.15, 0.2) is 18.2 Å². The van der Waals surface area contributed by atoms with Gasteiger partial charge >= 0.3 is 0 Å². The lowest BCUT2D eigenvalue weighted by Gasteiger charge is -1.97.